The third-order valence-electron chi connectivity index (χ3n) is 4.20. The van der Waals surface area contributed by atoms with E-state index in [4.69, 9.17) is 9.84 Å². The van der Waals surface area contributed by atoms with Crippen molar-refractivity contribution in [1.29, 1.82) is 0 Å². The molecule has 0 aromatic heterocycles. The Hall–Kier alpha value is -1.88. The van der Waals surface area contributed by atoms with Crippen molar-refractivity contribution in [2.24, 2.45) is 5.92 Å². The third-order valence-corrected chi connectivity index (χ3v) is 4.20. The lowest BCUT2D eigenvalue weighted by molar-refractivity contribution is -0.122. The molecule has 1 aliphatic heterocycles. The minimum atomic E-state index is -0.936. The molecule has 22 heavy (non-hydrogen) atoms. The van der Waals surface area contributed by atoms with Crippen LogP contribution in [-0.4, -0.2) is 36.2 Å². The van der Waals surface area contributed by atoms with Crippen LogP contribution in [0.5, 0.6) is 0 Å². The molecule has 1 unspecified atom stereocenters. The Kier molecular flexibility index (Phi) is 5.95. The number of amides is 1. The number of nitrogens with one attached hydrogen (secondary N) is 1. The molecule has 2 N–H and O–H groups in total. The fourth-order valence-electron chi connectivity index (χ4n) is 2.73. The summed E-state index contributed by atoms with van der Waals surface area (Å²) in [5, 5.41) is 11.9. The highest BCUT2D eigenvalue weighted by molar-refractivity contribution is 5.87. The monoisotopic (exact) mass is 305 g/mol. The normalized spacial score (nSPS) is 17.0. The summed E-state index contributed by atoms with van der Waals surface area (Å²) in [4.78, 5) is 22.8. The van der Waals surface area contributed by atoms with E-state index in [9.17, 15) is 9.59 Å². The number of carboxylic acids is 1. The van der Waals surface area contributed by atoms with Crippen LogP contribution in [0.1, 0.15) is 42.1 Å². The minimum absolute atomic E-state index is 0.0429. The molecule has 0 bridgehead atoms. The van der Waals surface area contributed by atoms with Gasteiger partial charge in [0.25, 0.3) is 0 Å². The Morgan fingerprint density at radius 2 is 1.91 bits per heavy atom. The van der Waals surface area contributed by atoms with Gasteiger partial charge in [-0.15, -0.1) is 0 Å². The van der Waals surface area contributed by atoms with Gasteiger partial charge in [-0.3, -0.25) is 4.79 Å². The van der Waals surface area contributed by atoms with Crippen molar-refractivity contribution in [3.8, 4) is 0 Å². The average molecular weight is 305 g/mol. The quantitative estimate of drug-likeness (QED) is 0.845. The van der Waals surface area contributed by atoms with Gasteiger partial charge in [-0.25, -0.2) is 4.79 Å². The molecule has 1 fully saturated rings. The number of carbonyl (C=O) groups excluding carboxylic acids is 1. The second-order valence-electron chi connectivity index (χ2n) is 5.81. The molecule has 0 radical (unpaired) electrons. The zero-order chi connectivity index (χ0) is 15.9. The van der Waals surface area contributed by atoms with E-state index >= 15 is 0 Å². The number of rotatable bonds is 6. The Balaban J connectivity index is 1.75. The zero-order valence-corrected chi connectivity index (χ0v) is 12.9. The van der Waals surface area contributed by atoms with Crippen molar-refractivity contribution in [2.45, 2.75) is 38.6 Å². The van der Waals surface area contributed by atoms with E-state index in [2.05, 4.69) is 12.2 Å². The van der Waals surface area contributed by atoms with Crippen molar-refractivity contribution >= 4 is 11.9 Å². The zero-order valence-electron chi connectivity index (χ0n) is 12.9. The molecule has 1 aromatic rings. The maximum Gasteiger partial charge on any atom is 0.335 e. The molecule has 1 aromatic carbocycles. The lowest BCUT2D eigenvalue weighted by Gasteiger charge is -2.28. The predicted molar refractivity (Wildman–Crippen MR) is 82.9 cm³/mol. The largest absolute Gasteiger partial charge is 0.478 e. The molecule has 5 nitrogen and oxygen atoms in total. The van der Waals surface area contributed by atoms with Crippen LogP contribution < -0.4 is 5.32 Å². The van der Waals surface area contributed by atoms with Gasteiger partial charge < -0.3 is 15.2 Å². The van der Waals surface area contributed by atoms with E-state index in [1.807, 2.05) is 0 Å². The summed E-state index contributed by atoms with van der Waals surface area (Å²) in [5.74, 6) is -0.400. The van der Waals surface area contributed by atoms with Gasteiger partial charge in [0.2, 0.25) is 5.91 Å². The second-order valence-corrected chi connectivity index (χ2v) is 5.81. The van der Waals surface area contributed by atoms with Gasteiger partial charge in [0.05, 0.1) is 5.56 Å². The van der Waals surface area contributed by atoms with Gasteiger partial charge >= 0.3 is 5.97 Å². The van der Waals surface area contributed by atoms with Crippen LogP contribution in [0.3, 0.4) is 0 Å². The first kappa shape index (κ1) is 16.5. The highest BCUT2D eigenvalue weighted by Crippen LogP contribution is 2.18. The summed E-state index contributed by atoms with van der Waals surface area (Å²) in [6.45, 7) is 3.61. The fraction of sp³-hybridized carbons (Fsp3) is 0.529. The van der Waals surface area contributed by atoms with Crippen LogP contribution in [0.15, 0.2) is 24.3 Å². The van der Waals surface area contributed by atoms with Crippen LogP contribution in [-0.2, 0) is 16.0 Å². The molecule has 2 rings (SSSR count). The molecule has 1 amide bonds. The number of hydrogen-bond acceptors (Lipinski definition) is 3. The van der Waals surface area contributed by atoms with Crippen molar-refractivity contribution < 1.29 is 19.4 Å². The smallest absolute Gasteiger partial charge is 0.335 e. The van der Waals surface area contributed by atoms with Crippen molar-refractivity contribution in [1.82, 2.24) is 5.32 Å². The molecule has 1 aliphatic rings. The predicted octanol–water partition coefficient (Wildman–Crippen LogP) is 2.25. The first-order valence-corrected chi connectivity index (χ1v) is 7.75. The van der Waals surface area contributed by atoms with Crippen LogP contribution in [0.2, 0.25) is 0 Å². The van der Waals surface area contributed by atoms with E-state index < -0.39 is 5.97 Å². The standard InChI is InChI=1S/C17H23NO4/c1-12(14-8-10-22-11-9-14)18-16(19)7-4-13-2-5-15(6-3-13)17(20)21/h2-3,5-6,12,14H,4,7-11H2,1H3,(H,18,19)(H,20,21). The van der Waals surface area contributed by atoms with E-state index in [0.717, 1.165) is 31.6 Å². The molecule has 1 heterocycles. The number of carbonyl (C=O) groups is 2. The van der Waals surface area contributed by atoms with E-state index in [1.54, 1.807) is 24.3 Å². The first-order chi connectivity index (χ1) is 10.6. The van der Waals surface area contributed by atoms with Gasteiger partial charge in [0.1, 0.15) is 0 Å². The lowest BCUT2D eigenvalue weighted by atomic mass is 9.93. The van der Waals surface area contributed by atoms with Gasteiger partial charge in [-0.2, -0.15) is 0 Å². The maximum atomic E-state index is 12.0. The van der Waals surface area contributed by atoms with Gasteiger partial charge in [-0.1, -0.05) is 12.1 Å². The van der Waals surface area contributed by atoms with E-state index in [0.29, 0.717) is 18.8 Å². The van der Waals surface area contributed by atoms with Crippen molar-refractivity contribution in [2.75, 3.05) is 13.2 Å². The number of ether oxygens (including phenoxy) is 1. The van der Waals surface area contributed by atoms with Crippen LogP contribution in [0.25, 0.3) is 0 Å². The second kappa shape index (κ2) is 7.94. The maximum absolute atomic E-state index is 12.0. The third kappa shape index (κ3) is 4.84. The Labute approximate surface area is 130 Å². The topological polar surface area (TPSA) is 75.6 Å². The summed E-state index contributed by atoms with van der Waals surface area (Å²) in [6, 6.07) is 6.84. The Morgan fingerprint density at radius 1 is 1.27 bits per heavy atom. The molecule has 5 heteroatoms. The highest BCUT2D eigenvalue weighted by atomic mass is 16.5. The number of hydrogen-bond donors (Lipinski definition) is 2. The molecule has 120 valence electrons. The van der Waals surface area contributed by atoms with Crippen molar-refractivity contribution in [3.05, 3.63) is 35.4 Å². The number of benzene rings is 1. The lowest BCUT2D eigenvalue weighted by Crippen LogP contribution is -2.40. The van der Waals surface area contributed by atoms with Crippen LogP contribution in [0.4, 0.5) is 0 Å². The van der Waals surface area contributed by atoms with Crippen molar-refractivity contribution in [3.63, 3.8) is 0 Å². The van der Waals surface area contributed by atoms with Crippen LogP contribution in [0, 0.1) is 5.92 Å². The van der Waals surface area contributed by atoms with Gasteiger partial charge in [0.15, 0.2) is 0 Å². The Morgan fingerprint density at radius 3 is 2.50 bits per heavy atom. The average Bonchev–Trinajstić information content (AvgIpc) is 2.54. The van der Waals surface area contributed by atoms with E-state index in [1.165, 1.54) is 0 Å². The SMILES string of the molecule is CC(NC(=O)CCc1ccc(C(=O)O)cc1)C1CCOCC1. The fourth-order valence-corrected chi connectivity index (χ4v) is 2.73. The highest BCUT2D eigenvalue weighted by Gasteiger charge is 2.21. The number of aryl methyl sites for hydroxylation is 1. The summed E-state index contributed by atoms with van der Waals surface area (Å²) in [7, 11) is 0. The summed E-state index contributed by atoms with van der Waals surface area (Å²) >= 11 is 0. The summed E-state index contributed by atoms with van der Waals surface area (Å²) < 4.78 is 5.33. The molecule has 1 saturated heterocycles. The minimum Gasteiger partial charge on any atom is -0.478 e. The Bertz CT molecular complexity index is 506. The van der Waals surface area contributed by atoms with Crippen LogP contribution >= 0.6 is 0 Å². The number of carboxylic acid groups (broad SMARTS) is 1. The summed E-state index contributed by atoms with van der Waals surface area (Å²) in [6.07, 6.45) is 3.03. The van der Waals surface area contributed by atoms with E-state index in [-0.39, 0.29) is 17.5 Å². The van der Waals surface area contributed by atoms with Gasteiger partial charge in [-0.05, 0) is 49.8 Å². The molecule has 0 saturated carbocycles. The first-order valence-electron chi connectivity index (χ1n) is 7.75. The number of aromatic carboxylic acids is 1. The van der Waals surface area contributed by atoms with Gasteiger partial charge in [0, 0.05) is 25.7 Å². The molecular formula is C17H23NO4. The molecule has 0 aliphatic carbocycles. The molecular weight excluding hydrogens is 282 g/mol. The molecule has 1 atom stereocenters. The molecule has 0 spiro atoms. The summed E-state index contributed by atoms with van der Waals surface area (Å²) in [5.41, 5.74) is 1.24.